The second-order valence-electron chi connectivity index (χ2n) is 5.14. The lowest BCUT2D eigenvalue weighted by molar-refractivity contribution is 0.643. The number of nitrogens with zero attached hydrogens (tertiary/aromatic N) is 2. The van der Waals surface area contributed by atoms with Crippen LogP contribution < -0.4 is 5.56 Å². The number of rotatable bonds is 4. The molecule has 2 aromatic carbocycles. The quantitative estimate of drug-likeness (QED) is 0.601. The number of thioether (sulfide) groups is 1. The van der Waals surface area contributed by atoms with Gasteiger partial charge in [0.05, 0.1) is 12.2 Å². The third-order valence-corrected chi connectivity index (χ3v) is 5.07. The minimum atomic E-state index is -0.199. The van der Waals surface area contributed by atoms with E-state index in [2.05, 4.69) is 5.10 Å². The van der Waals surface area contributed by atoms with Crippen molar-refractivity contribution in [2.75, 3.05) is 6.26 Å². The first-order chi connectivity index (χ1) is 11.6. The molecule has 0 bridgehead atoms. The van der Waals surface area contributed by atoms with Crippen molar-refractivity contribution in [1.82, 2.24) is 9.78 Å². The third-order valence-electron chi connectivity index (χ3n) is 3.62. The highest BCUT2D eigenvalue weighted by atomic mass is 35.5. The summed E-state index contributed by atoms with van der Waals surface area (Å²) in [4.78, 5) is 13.3. The molecule has 0 atom stereocenters. The summed E-state index contributed by atoms with van der Waals surface area (Å²) in [6, 6.07) is 16.5. The molecule has 6 heteroatoms. The maximum Gasteiger partial charge on any atom is 0.267 e. The highest BCUT2D eigenvalue weighted by Gasteiger charge is 2.09. The Morgan fingerprint density at radius 2 is 1.67 bits per heavy atom. The standard InChI is InChI=1S/C18H14Cl2N2OS/c1-24-13-7-5-12(6-8-13)17-9-10-18(23)22(21-17)11-14-15(19)3-2-4-16(14)20/h2-10H,11H2,1H3. The Balaban J connectivity index is 1.98. The van der Waals surface area contributed by atoms with E-state index in [1.807, 2.05) is 30.5 Å². The van der Waals surface area contributed by atoms with E-state index in [0.717, 1.165) is 11.3 Å². The monoisotopic (exact) mass is 376 g/mol. The topological polar surface area (TPSA) is 34.9 Å². The predicted molar refractivity (Wildman–Crippen MR) is 101 cm³/mol. The van der Waals surface area contributed by atoms with Gasteiger partial charge in [-0.25, -0.2) is 4.68 Å². The van der Waals surface area contributed by atoms with Crippen molar-refractivity contribution in [3.8, 4) is 11.3 Å². The van der Waals surface area contributed by atoms with Crippen LogP contribution in [0.1, 0.15) is 5.56 Å². The maximum absolute atomic E-state index is 12.1. The number of benzene rings is 2. The van der Waals surface area contributed by atoms with Crippen molar-refractivity contribution < 1.29 is 0 Å². The Morgan fingerprint density at radius 1 is 1.00 bits per heavy atom. The molecule has 0 fully saturated rings. The largest absolute Gasteiger partial charge is 0.268 e. The zero-order valence-electron chi connectivity index (χ0n) is 12.9. The summed E-state index contributed by atoms with van der Waals surface area (Å²) in [5, 5.41) is 5.49. The van der Waals surface area contributed by atoms with Gasteiger partial charge in [0.25, 0.3) is 5.56 Å². The summed E-state index contributed by atoms with van der Waals surface area (Å²) in [7, 11) is 0. The summed E-state index contributed by atoms with van der Waals surface area (Å²) in [5.74, 6) is 0. The molecule has 1 heterocycles. The first-order valence-corrected chi connectivity index (χ1v) is 9.22. The van der Waals surface area contributed by atoms with Crippen molar-refractivity contribution in [2.24, 2.45) is 0 Å². The van der Waals surface area contributed by atoms with Crippen molar-refractivity contribution in [3.63, 3.8) is 0 Å². The van der Waals surface area contributed by atoms with E-state index < -0.39 is 0 Å². The van der Waals surface area contributed by atoms with Crippen LogP contribution in [0.3, 0.4) is 0 Å². The third kappa shape index (κ3) is 3.66. The number of hydrogen-bond donors (Lipinski definition) is 0. The Morgan fingerprint density at radius 3 is 2.29 bits per heavy atom. The van der Waals surface area contributed by atoms with Crippen LogP contribution in [0, 0.1) is 0 Å². The minimum absolute atomic E-state index is 0.199. The maximum atomic E-state index is 12.1. The smallest absolute Gasteiger partial charge is 0.267 e. The lowest BCUT2D eigenvalue weighted by Crippen LogP contribution is -2.23. The summed E-state index contributed by atoms with van der Waals surface area (Å²) in [6.07, 6.45) is 2.03. The van der Waals surface area contributed by atoms with Gasteiger partial charge >= 0.3 is 0 Å². The molecule has 0 aliphatic rings. The lowest BCUT2D eigenvalue weighted by Gasteiger charge is -2.10. The predicted octanol–water partition coefficient (Wildman–Crippen LogP) is 4.99. The van der Waals surface area contributed by atoms with Gasteiger partial charge in [-0.15, -0.1) is 11.8 Å². The molecule has 0 aliphatic carbocycles. The molecule has 0 N–H and O–H groups in total. The number of hydrogen-bond acceptors (Lipinski definition) is 3. The van der Waals surface area contributed by atoms with Crippen LogP contribution in [0.4, 0.5) is 0 Å². The van der Waals surface area contributed by atoms with Crippen molar-refractivity contribution >= 4 is 35.0 Å². The Hall–Kier alpha value is -1.75. The van der Waals surface area contributed by atoms with Crippen LogP contribution in [-0.4, -0.2) is 16.0 Å². The lowest BCUT2D eigenvalue weighted by atomic mass is 10.1. The average Bonchev–Trinajstić information content (AvgIpc) is 2.60. The first-order valence-electron chi connectivity index (χ1n) is 7.24. The van der Waals surface area contributed by atoms with Crippen LogP contribution in [0.2, 0.25) is 10.0 Å². The van der Waals surface area contributed by atoms with Crippen molar-refractivity contribution in [2.45, 2.75) is 11.4 Å². The number of aromatic nitrogens is 2. The van der Waals surface area contributed by atoms with Gasteiger partial charge in [0.1, 0.15) is 0 Å². The van der Waals surface area contributed by atoms with Crippen LogP contribution in [-0.2, 0) is 6.54 Å². The van der Waals surface area contributed by atoms with Crippen LogP contribution in [0.25, 0.3) is 11.3 Å². The van der Waals surface area contributed by atoms with E-state index >= 15 is 0 Å². The molecule has 0 aliphatic heterocycles. The normalized spacial score (nSPS) is 10.8. The fraction of sp³-hybridized carbons (Fsp3) is 0.111. The van der Waals surface area contributed by atoms with E-state index in [-0.39, 0.29) is 12.1 Å². The summed E-state index contributed by atoms with van der Waals surface area (Å²) < 4.78 is 1.38. The molecule has 122 valence electrons. The van der Waals surface area contributed by atoms with Gasteiger partial charge < -0.3 is 0 Å². The van der Waals surface area contributed by atoms with Gasteiger partial charge in [-0.05, 0) is 36.6 Å². The van der Waals surface area contributed by atoms with Crippen molar-refractivity contribution in [1.29, 1.82) is 0 Å². The van der Waals surface area contributed by atoms with Crippen LogP contribution in [0.5, 0.6) is 0 Å². The van der Waals surface area contributed by atoms with Gasteiger partial charge in [-0.3, -0.25) is 4.79 Å². The molecule has 1 aromatic heterocycles. The van der Waals surface area contributed by atoms with E-state index in [9.17, 15) is 4.79 Å². The molecule has 3 nitrogen and oxygen atoms in total. The first kappa shape index (κ1) is 17.1. The molecule has 3 rings (SSSR count). The van der Waals surface area contributed by atoms with Gasteiger partial charge in [0, 0.05) is 32.1 Å². The highest BCUT2D eigenvalue weighted by molar-refractivity contribution is 7.98. The van der Waals surface area contributed by atoms with Crippen molar-refractivity contribution in [3.05, 3.63) is 80.6 Å². The Labute approximate surface area is 154 Å². The molecule has 24 heavy (non-hydrogen) atoms. The van der Waals surface area contributed by atoms with Gasteiger partial charge in [0.2, 0.25) is 0 Å². The fourth-order valence-electron chi connectivity index (χ4n) is 2.31. The Bertz CT molecular complexity index is 903. The molecular weight excluding hydrogens is 363 g/mol. The molecule has 0 saturated carbocycles. The zero-order valence-corrected chi connectivity index (χ0v) is 15.2. The van der Waals surface area contributed by atoms with E-state index in [1.54, 1.807) is 36.0 Å². The SMILES string of the molecule is CSc1ccc(-c2ccc(=O)n(Cc3c(Cl)cccc3Cl)n2)cc1. The van der Waals surface area contributed by atoms with E-state index in [0.29, 0.717) is 15.6 Å². The summed E-state index contributed by atoms with van der Waals surface area (Å²) in [6.45, 7) is 0.230. The molecule has 3 aromatic rings. The second-order valence-corrected chi connectivity index (χ2v) is 6.84. The fourth-order valence-corrected chi connectivity index (χ4v) is 3.24. The highest BCUT2D eigenvalue weighted by Crippen LogP contribution is 2.25. The zero-order chi connectivity index (χ0) is 17.1. The van der Waals surface area contributed by atoms with Crippen LogP contribution in [0.15, 0.2) is 64.3 Å². The second kappa shape index (κ2) is 7.43. The number of halogens is 2. The van der Waals surface area contributed by atoms with Crippen LogP contribution >= 0.6 is 35.0 Å². The van der Waals surface area contributed by atoms with E-state index in [4.69, 9.17) is 23.2 Å². The molecular formula is C18H14Cl2N2OS. The minimum Gasteiger partial charge on any atom is -0.268 e. The molecule has 0 radical (unpaired) electrons. The molecule has 0 spiro atoms. The average molecular weight is 377 g/mol. The van der Waals surface area contributed by atoms with Gasteiger partial charge in [-0.1, -0.05) is 41.4 Å². The van der Waals surface area contributed by atoms with E-state index in [1.165, 1.54) is 15.6 Å². The molecule has 0 amide bonds. The molecule has 0 saturated heterocycles. The van der Waals surface area contributed by atoms with Gasteiger partial charge in [-0.2, -0.15) is 5.10 Å². The summed E-state index contributed by atoms with van der Waals surface area (Å²) in [5.41, 5.74) is 2.16. The summed E-state index contributed by atoms with van der Waals surface area (Å²) >= 11 is 14.1. The van der Waals surface area contributed by atoms with Gasteiger partial charge in [0.15, 0.2) is 0 Å². The Kier molecular flexibility index (Phi) is 5.29. The molecule has 0 unspecified atom stereocenters.